The van der Waals surface area contributed by atoms with Gasteiger partial charge in [-0.1, -0.05) is 48.0 Å². The lowest BCUT2D eigenvalue weighted by Gasteiger charge is -2.31. The summed E-state index contributed by atoms with van der Waals surface area (Å²) in [5, 5.41) is 2.75. The van der Waals surface area contributed by atoms with Crippen molar-refractivity contribution in [1.82, 2.24) is 9.62 Å². The summed E-state index contributed by atoms with van der Waals surface area (Å²) in [6.07, 6.45) is 1.27. The third kappa shape index (κ3) is 4.43. The van der Waals surface area contributed by atoms with Crippen LogP contribution >= 0.6 is 0 Å². The van der Waals surface area contributed by atoms with Crippen LogP contribution in [0.3, 0.4) is 0 Å². The van der Waals surface area contributed by atoms with Gasteiger partial charge in [-0.2, -0.15) is 4.31 Å². The van der Waals surface area contributed by atoms with Gasteiger partial charge in [-0.05, 0) is 37.1 Å². The third-order valence-corrected chi connectivity index (χ3v) is 6.33. The van der Waals surface area contributed by atoms with Gasteiger partial charge in [0.25, 0.3) is 0 Å². The van der Waals surface area contributed by atoms with E-state index in [1.165, 1.54) is 18.2 Å². The molecule has 1 amide bonds. The summed E-state index contributed by atoms with van der Waals surface area (Å²) < 4.78 is 40.8. The Kier molecular flexibility index (Phi) is 5.72. The molecule has 0 aliphatic carbocycles. The summed E-state index contributed by atoms with van der Waals surface area (Å²) in [5.74, 6) is -1.00. The minimum absolute atomic E-state index is 0.00243. The number of aryl methyl sites for hydroxylation is 1. The maximum Gasteiger partial charge on any atom is 0.244 e. The van der Waals surface area contributed by atoms with E-state index in [4.69, 9.17) is 0 Å². The number of halogens is 1. The largest absolute Gasteiger partial charge is 0.351 e. The summed E-state index contributed by atoms with van der Waals surface area (Å²) in [5.41, 5.74) is 1.81. The molecular weight excluding hydrogens is 367 g/mol. The maximum absolute atomic E-state index is 13.9. The zero-order valence-corrected chi connectivity index (χ0v) is 15.7. The van der Waals surface area contributed by atoms with Crippen LogP contribution in [0.25, 0.3) is 0 Å². The second kappa shape index (κ2) is 8.02. The lowest BCUT2D eigenvalue weighted by atomic mass is 10.1. The van der Waals surface area contributed by atoms with Gasteiger partial charge in [0.05, 0.1) is 11.4 Å². The van der Waals surface area contributed by atoms with Gasteiger partial charge in [0, 0.05) is 6.54 Å². The van der Waals surface area contributed by atoms with Gasteiger partial charge in [0.15, 0.2) is 0 Å². The van der Waals surface area contributed by atoms with E-state index in [0.717, 1.165) is 15.4 Å². The van der Waals surface area contributed by atoms with Gasteiger partial charge >= 0.3 is 0 Å². The molecule has 1 aliphatic heterocycles. The fourth-order valence-electron chi connectivity index (χ4n) is 2.92. The van der Waals surface area contributed by atoms with Crippen molar-refractivity contribution in [3.63, 3.8) is 0 Å². The monoisotopic (exact) mass is 388 g/mol. The summed E-state index contributed by atoms with van der Waals surface area (Å²) in [6, 6.07) is 14.6. The van der Waals surface area contributed by atoms with Crippen molar-refractivity contribution < 1.29 is 17.6 Å². The van der Waals surface area contributed by atoms with Crippen LogP contribution < -0.4 is 5.32 Å². The normalized spacial score (nSPS) is 18.0. The quantitative estimate of drug-likeness (QED) is 0.856. The Morgan fingerprint density at radius 2 is 1.81 bits per heavy atom. The van der Waals surface area contributed by atoms with Crippen LogP contribution in [0.2, 0.25) is 0 Å². The number of benzene rings is 2. The van der Waals surface area contributed by atoms with Crippen LogP contribution in [0.5, 0.6) is 0 Å². The number of carbonyl (C=O) groups excluding carboxylic acids is 1. The third-order valence-electron chi connectivity index (χ3n) is 4.46. The first-order valence-corrected chi connectivity index (χ1v) is 10.1. The number of hydrogen-bond donors (Lipinski definition) is 1. The average Bonchev–Trinajstić information content (AvgIpc) is 2.67. The molecule has 27 heavy (non-hydrogen) atoms. The highest BCUT2D eigenvalue weighted by molar-refractivity contribution is 7.89. The molecule has 3 rings (SSSR count). The Hall–Kier alpha value is -2.51. The Morgan fingerprint density at radius 1 is 1.15 bits per heavy atom. The molecule has 0 radical (unpaired) electrons. The summed E-state index contributed by atoms with van der Waals surface area (Å²) in [4.78, 5) is 12.7. The van der Waals surface area contributed by atoms with Gasteiger partial charge in [-0.15, -0.1) is 0 Å². The molecule has 0 fully saturated rings. The van der Waals surface area contributed by atoms with E-state index in [-0.39, 0.29) is 17.9 Å². The van der Waals surface area contributed by atoms with E-state index in [1.54, 1.807) is 12.1 Å². The summed E-state index contributed by atoms with van der Waals surface area (Å²) >= 11 is 0. The zero-order valence-electron chi connectivity index (χ0n) is 14.9. The molecule has 1 atom stereocenters. The van der Waals surface area contributed by atoms with Crippen LogP contribution in [-0.4, -0.2) is 31.2 Å². The topological polar surface area (TPSA) is 66.5 Å². The number of rotatable bonds is 5. The molecule has 0 aromatic heterocycles. The first kappa shape index (κ1) is 19.3. The van der Waals surface area contributed by atoms with Crippen molar-refractivity contribution in [2.24, 2.45) is 0 Å². The van der Waals surface area contributed by atoms with E-state index in [1.807, 2.05) is 37.3 Å². The molecule has 7 heteroatoms. The van der Waals surface area contributed by atoms with Crippen LogP contribution in [0.1, 0.15) is 17.5 Å². The highest BCUT2D eigenvalue weighted by Crippen LogP contribution is 2.26. The Bertz CT molecular complexity index is 941. The van der Waals surface area contributed by atoms with Crippen molar-refractivity contribution in [1.29, 1.82) is 0 Å². The first-order valence-electron chi connectivity index (χ1n) is 8.62. The van der Waals surface area contributed by atoms with Crippen molar-refractivity contribution in [2.45, 2.75) is 30.8 Å². The second-order valence-electron chi connectivity index (χ2n) is 6.47. The number of carbonyl (C=O) groups is 1. The molecule has 1 unspecified atom stereocenters. The number of nitrogens with zero attached hydrogens (tertiary/aromatic N) is 1. The van der Waals surface area contributed by atoms with Crippen molar-refractivity contribution in [2.75, 3.05) is 6.54 Å². The molecule has 5 nitrogen and oxygen atoms in total. The first-order chi connectivity index (χ1) is 12.9. The lowest BCUT2D eigenvalue weighted by Crippen LogP contribution is -2.51. The van der Waals surface area contributed by atoms with Gasteiger partial charge in [0.1, 0.15) is 11.9 Å². The Morgan fingerprint density at radius 3 is 2.48 bits per heavy atom. The standard InChI is InChI=1S/C20H21FN2O3S/c1-15-7-10-18(11-8-15)27(25,26)23-14-17(21)9-12-19(23)20(24)22-13-16-5-3-2-4-6-16/h2-11,19H,12-14H2,1H3,(H,22,24). The number of amides is 1. The predicted molar refractivity (Wildman–Crippen MR) is 101 cm³/mol. The fraction of sp³-hybridized carbons (Fsp3) is 0.250. The van der Waals surface area contributed by atoms with Crippen LogP contribution in [0.4, 0.5) is 4.39 Å². The van der Waals surface area contributed by atoms with E-state index >= 15 is 0 Å². The van der Waals surface area contributed by atoms with Crippen molar-refractivity contribution in [3.05, 3.63) is 77.6 Å². The summed E-state index contributed by atoms with van der Waals surface area (Å²) in [7, 11) is -4.00. The SMILES string of the molecule is Cc1ccc(S(=O)(=O)N2CC(F)=CCC2C(=O)NCc2ccccc2)cc1. The molecule has 2 aromatic rings. The molecular formula is C20H21FN2O3S. The van der Waals surface area contributed by atoms with E-state index < -0.39 is 34.3 Å². The highest BCUT2D eigenvalue weighted by Gasteiger charge is 2.38. The van der Waals surface area contributed by atoms with E-state index in [2.05, 4.69) is 5.32 Å². The fourth-order valence-corrected chi connectivity index (χ4v) is 4.48. The predicted octanol–water partition coefficient (Wildman–Crippen LogP) is 2.93. The molecule has 0 saturated carbocycles. The molecule has 0 spiro atoms. The number of nitrogens with one attached hydrogen (secondary N) is 1. The maximum atomic E-state index is 13.9. The van der Waals surface area contributed by atoms with Gasteiger partial charge in [-0.3, -0.25) is 4.79 Å². The van der Waals surface area contributed by atoms with E-state index in [0.29, 0.717) is 0 Å². The minimum Gasteiger partial charge on any atom is -0.351 e. The Balaban J connectivity index is 1.82. The van der Waals surface area contributed by atoms with Gasteiger partial charge < -0.3 is 5.32 Å². The molecule has 2 aromatic carbocycles. The number of hydrogen-bond acceptors (Lipinski definition) is 3. The van der Waals surface area contributed by atoms with Crippen LogP contribution in [0.15, 0.2) is 71.4 Å². The molecule has 142 valence electrons. The van der Waals surface area contributed by atoms with E-state index in [9.17, 15) is 17.6 Å². The molecule has 1 N–H and O–H groups in total. The van der Waals surface area contributed by atoms with Crippen LogP contribution in [-0.2, 0) is 21.4 Å². The van der Waals surface area contributed by atoms with Crippen molar-refractivity contribution in [3.8, 4) is 0 Å². The lowest BCUT2D eigenvalue weighted by molar-refractivity contribution is -0.125. The highest BCUT2D eigenvalue weighted by atomic mass is 32.2. The molecule has 1 heterocycles. The molecule has 0 bridgehead atoms. The molecule has 0 saturated heterocycles. The summed E-state index contributed by atoms with van der Waals surface area (Å²) in [6.45, 7) is 1.68. The van der Waals surface area contributed by atoms with Gasteiger partial charge in [0.2, 0.25) is 15.9 Å². The smallest absolute Gasteiger partial charge is 0.244 e. The Labute approximate surface area is 158 Å². The minimum atomic E-state index is -4.00. The van der Waals surface area contributed by atoms with Gasteiger partial charge in [-0.25, -0.2) is 12.8 Å². The van der Waals surface area contributed by atoms with Crippen molar-refractivity contribution >= 4 is 15.9 Å². The molecule has 1 aliphatic rings. The number of sulfonamides is 1. The zero-order chi connectivity index (χ0) is 19.4. The average molecular weight is 388 g/mol. The van der Waals surface area contributed by atoms with Crippen LogP contribution in [0, 0.1) is 6.92 Å². The second-order valence-corrected chi connectivity index (χ2v) is 8.36.